The smallest absolute Gasteiger partial charge is 0.338 e. The van der Waals surface area contributed by atoms with Crippen molar-refractivity contribution in [1.29, 1.82) is 0 Å². The van der Waals surface area contributed by atoms with E-state index in [1.165, 1.54) is 72.8 Å². The Hall–Kier alpha value is -7.83. The van der Waals surface area contributed by atoms with Gasteiger partial charge in [0.25, 0.3) is 0 Å². The lowest BCUT2D eigenvalue weighted by molar-refractivity contribution is -0.316. The van der Waals surface area contributed by atoms with Crippen LogP contribution in [0.1, 0.15) is 62.1 Å². The van der Waals surface area contributed by atoms with Crippen LogP contribution < -0.4 is 0 Å². The van der Waals surface area contributed by atoms with Gasteiger partial charge in [-0.05, 0) is 88.7 Å². The molecule has 6 aromatic carbocycles. The van der Waals surface area contributed by atoms with Gasteiger partial charge in [0.15, 0.2) is 41.8 Å². The predicted molar refractivity (Wildman–Crippen MR) is 252 cm³/mol. The van der Waals surface area contributed by atoms with Crippen molar-refractivity contribution in [3.63, 3.8) is 0 Å². The molecule has 16 nitrogen and oxygen atoms in total. The zero-order valence-corrected chi connectivity index (χ0v) is 38.9. The maximum Gasteiger partial charge on any atom is 0.338 e. The highest BCUT2D eigenvalue weighted by molar-refractivity contribution is 9.09. The Morgan fingerprint density at radius 2 is 0.676 bits per heavy atom. The molecule has 6 aromatic rings. The van der Waals surface area contributed by atoms with Gasteiger partial charge in [0, 0.05) is 0 Å². The molecule has 362 valence electrons. The fourth-order valence-corrected chi connectivity index (χ4v) is 8.10. The summed E-state index contributed by atoms with van der Waals surface area (Å²) in [5.74, 6) is -6.30. The molecule has 2 fully saturated rings. The van der Waals surface area contributed by atoms with E-state index in [9.17, 15) is 33.6 Å². The summed E-state index contributed by atoms with van der Waals surface area (Å²) in [6, 6.07) is 47.0. The minimum atomic E-state index is -2.00. The number of Topliss-reactive ketones (excluding diaryl/α,β-unsaturated/α-hetero) is 1. The minimum absolute atomic E-state index is 0.0220. The number of benzene rings is 6. The molecule has 3 unspecified atom stereocenters. The predicted octanol–water partition coefficient (Wildman–Crippen LogP) is 7.40. The van der Waals surface area contributed by atoms with E-state index >= 15 is 0 Å². The molecule has 0 radical (unpaired) electrons. The van der Waals surface area contributed by atoms with E-state index in [0.29, 0.717) is 0 Å². The second kappa shape index (κ2) is 23.7. The first-order chi connectivity index (χ1) is 34.5. The van der Waals surface area contributed by atoms with E-state index in [2.05, 4.69) is 15.9 Å². The van der Waals surface area contributed by atoms with E-state index in [0.717, 1.165) is 0 Å². The van der Waals surface area contributed by atoms with Gasteiger partial charge < -0.3 is 42.6 Å². The molecule has 17 heteroatoms. The van der Waals surface area contributed by atoms with E-state index in [4.69, 9.17) is 42.6 Å². The molecule has 0 saturated carbocycles. The Morgan fingerprint density at radius 3 is 1.04 bits per heavy atom. The first-order valence-electron chi connectivity index (χ1n) is 22.2. The number of rotatable bonds is 16. The molecule has 2 heterocycles. The lowest BCUT2D eigenvalue weighted by Crippen LogP contribution is -2.66. The number of carbonyl (C=O) groups is 7. The first kappa shape index (κ1) is 49.6. The first-order valence-corrected chi connectivity index (χ1v) is 23.1. The van der Waals surface area contributed by atoms with Crippen molar-refractivity contribution >= 4 is 57.5 Å². The van der Waals surface area contributed by atoms with Crippen LogP contribution in [0.25, 0.3) is 0 Å². The summed E-state index contributed by atoms with van der Waals surface area (Å²) in [6.45, 7) is -1.28. The second-order valence-corrected chi connectivity index (χ2v) is 16.7. The molecule has 0 bridgehead atoms. The minimum Gasteiger partial charge on any atom is -0.459 e. The molecule has 8 rings (SSSR count). The lowest BCUT2D eigenvalue weighted by Gasteiger charge is -2.46. The van der Waals surface area contributed by atoms with Crippen LogP contribution in [0.3, 0.4) is 0 Å². The Bertz CT molecular complexity index is 2780. The molecule has 0 N–H and O–H groups in total. The number of halogens is 1. The SMILES string of the molecule is O=C(OCC1O[C@H](Br)C(=O)[C@@H](O[C@@H]2OC(COC(=O)c3ccccc3)[C@@H](OC(=O)c3ccccc3)[C@H](OC(=O)c3ccccc3)C2OC(=O)c2ccccc2)[C@@H]1OC(=O)c1ccccc1)c1ccccc1. The van der Waals surface area contributed by atoms with Crippen molar-refractivity contribution in [2.45, 2.75) is 54.0 Å². The molecule has 0 spiro atoms. The highest BCUT2D eigenvalue weighted by Gasteiger charge is 2.57. The number of alkyl halides is 1. The summed E-state index contributed by atoms with van der Waals surface area (Å²) in [7, 11) is 0. The number of ether oxygens (including phenoxy) is 9. The average molecular weight is 1030 g/mol. The molecule has 0 amide bonds. The fraction of sp³-hybridized carbons (Fsp3) is 0.204. The number of hydrogen-bond donors (Lipinski definition) is 0. The number of ketones is 1. The summed E-state index contributed by atoms with van der Waals surface area (Å²) >= 11 is 3.24. The quantitative estimate of drug-likeness (QED) is 0.0527. The fourth-order valence-electron chi connectivity index (χ4n) is 7.56. The Balaban J connectivity index is 1.22. The number of carbonyl (C=O) groups excluding carboxylic acids is 7. The number of esters is 6. The Morgan fingerprint density at radius 1 is 0.380 bits per heavy atom. The highest BCUT2D eigenvalue weighted by Crippen LogP contribution is 2.35. The van der Waals surface area contributed by atoms with Crippen LogP contribution in [0.5, 0.6) is 0 Å². The lowest BCUT2D eigenvalue weighted by atomic mass is 9.96. The molecular formula is C54H43BrO16. The van der Waals surface area contributed by atoms with Crippen molar-refractivity contribution in [3.05, 3.63) is 215 Å². The van der Waals surface area contributed by atoms with Crippen LogP contribution in [-0.2, 0) is 47.4 Å². The summed E-state index contributed by atoms with van der Waals surface area (Å²) < 4.78 is 54.9. The monoisotopic (exact) mass is 1030 g/mol. The molecule has 2 aliphatic rings. The summed E-state index contributed by atoms with van der Waals surface area (Å²) in [5, 5.41) is -1.48. The molecule has 0 aromatic heterocycles. The van der Waals surface area contributed by atoms with E-state index in [1.807, 2.05) is 0 Å². The average Bonchev–Trinajstić information content (AvgIpc) is 3.42. The van der Waals surface area contributed by atoms with Crippen LogP contribution in [0, 0.1) is 0 Å². The maximum absolute atomic E-state index is 14.5. The van der Waals surface area contributed by atoms with Gasteiger partial charge in [0.05, 0.1) is 33.4 Å². The van der Waals surface area contributed by atoms with Crippen molar-refractivity contribution < 1.29 is 76.2 Å². The van der Waals surface area contributed by atoms with Crippen molar-refractivity contribution in [3.8, 4) is 0 Å². The van der Waals surface area contributed by atoms with Crippen molar-refractivity contribution in [1.82, 2.24) is 0 Å². The van der Waals surface area contributed by atoms with Gasteiger partial charge in [-0.2, -0.15) is 0 Å². The molecule has 0 aliphatic carbocycles. The normalized spacial score (nSPS) is 22.7. The van der Waals surface area contributed by atoms with Crippen LogP contribution in [0.4, 0.5) is 0 Å². The largest absolute Gasteiger partial charge is 0.459 e. The maximum atomic E-state index is 14.5. The van der Waals surface area contributed by atoms with E-state index < -0.39 is 109 Å². The van der Waals surface area contributed by atoms with Gasteiger partial charge in [-0.25, -0.2) is 28.8 Å². The van der Waals surface area contributed by atoms with Crippen LogP contribution in [-0.4, -0.2) is 109 Å². The molecule has 9 atom stereocenters. The zero-order valence-electron chi connectivity index (χ0n) is 37.3. The van der Waals surface area contributed by atoms with Gasteiger partial charge in [0.2, 0.25) is 5.78 Å². The third-order valence-electron chi connectivity index (χ3n) is 11.1. The third-order valence-corrected chi connectivity index (χ3v) is 11.8. The van der Waals surface area contributed by atoms with Gasteiger partial charge in [-0.1, -0.05) is 109 Å². The van der Waals surface area contributed by atoms with Crippen molar-refractivity contribution in [2.75, 3.05) is 13.2 Å². The topological polar surface area (TPSA) is 203 Å². The van der Waals surface area contributed by atoms with E-state index in [1.54, 1.807) is 109 Å². The van der Waals surface area contributed by atoms with E-state index in [-0.39, 0.29) is 33.4 Å². The van der Waals surface area contributed by atoms with Crippen LogP contribution in [0.2, 0.25) is 0 Å². The van der Waals surface area contributed by atoms with Crippen LogP contribution in [0.15, 0.2) is 182 Å². The third kappa shape index (κ3) is 12.5. The highest BCUT2D eigenvalue weighted by atomic mass is 79.9. The Kier molecular flexibility index (Phi) is 16.5. The zero-order chi connectivity index (χ0) is 49.7. The molecular weight excluding hydrogens is 984 g/mol. The van der Waals surface area contributed by atoms with Gasteiger partial charge in [0.1, 0.15) is 25.4 Å². The van der Waals surface area contributed by atoms with Gasteiger partial charge in [-0.3, -0.25) is 4.79 Å². The van der Waals surface area contributed by atoms with Gasteiger partial charge >= 0.3 is 35.8 Å². The Labute approximate surface area is 414 Å². The van der Waals surface area contributed by atoms with Crippen molar-refractivity contribution in [2.24, 2.45) is 0 Å². The van der Waals surface area contributed by atoms with Crippen LogP contribution >= 0.6 is 15.9 Å². The molecule has 2 saturated heterocycles. The summed E-state index contributed by atoms with van der Waals surface area (Å²) in [4.78, 5) is 97.5. The standard InChI is InChI=1S/C54H43BrO16/c55-47-41(56)44(42(67-50(59)35-23-11-3-12-24-35)39(65-47)31-63-48(57)33-19-7-1-8-20-33)71-54-46(70-53(62)38-29-17-6-18-30-38)45(69-52(61)37-27-15-5-16-28-37)43(68-51(60)36-25-13-4-14-26-36)40(66-54)32-64-49(58)34-21-9-2-10-22-34/h1-30,39-40,42-47,54H,31-32H2/t39?,40?,42-,43-,44-,45+,46?,47+,54+/m1/s1. The molecule has 2 aliphatic heterocycles. The summed E-state index contributed by atoms with van der Waals surface area (Å²) in [5.41, 5.74) is 0.529. The number of hydrogen-bond acceptors (Lipinski definition) is 16. The molecule has 71 heavy (non-hydrogen) atoms. The summed E-state index contributed by atoms with van der Waals surface area (Å²) in [6.07, 6.45) is -14.2. The van der Waals surface area contributed by atoms with Gasteiger partial charge in [-0.15, -0.1) is 0 Å². The second-order valence-electron chi connectivity index (χ2n) is 15.9.